The summed E-state index contributed by atoms with van der Waals surface area (Å²) in [6, 6.07) is 7.74. The van der Waals surface area contributed by atoms with Crippen LogP contribution in [0, 0.1) is 12.7 Å². The van der Waals surface area contributed by atoms with E-state index in [1.165, 1.54) is 6.07 Å². The highest BCUT2D eigenvalue weighted by Gasteiger charge is 2.39. The van der Waals surface area contributed by atoms with Crippen molar-refractivity contribution in [3.8, 4) is 0 Å². The van der Waals surface area contributed by atoms with Gasteiger partial charge in [0.05, 0.1) is 13.2 Å². The minimum absolute atomic E-state index is 0.193. The molecule has 138 valence electrons. The number of hydrogen-bond donors (Lipinski definition) is 1. The highest BCUT2D eigenvalue weighted by Crippen LogP contribution is 2.61. The molecule has 0 saturated carbocycles. The molecule has 0 spiro atoms. The third kappa shape index (κ3) is 5.14. The van der Waals surface area contributed by atoms with Crippen molar-refractivity contribution in [1.29, 1.82) is 0 Å². The van der Waals surface area contributed by atoms with Crippen LogP contribution in [0.15, 0.2) is 34.9 Å². The number of aryl methyl sites for hydroxylation is 1. The van der Waals surface area contributed by atoms with E-state index in [1.807, 2.05) is 13.8 Å². The van der Waals surface area contributed by atoms with E-state index < -0.39 is 19.2 Å². The zero-order valence-corrected chi connectivity index (χ0v) is 15.6. The molecule has 2 rings (SSSR count). The number of anilines is 1. The molecule has 0 aliphatic heterocycles. The SMILES string of the molecule is CCCOP(=O)(OCCC)C(Nc1cc(C)on1)c1ccccc1F. The van der Waals surface area contributed by atoms with Crippen molar-refractivity contribution in [3.63, 3.8) is 0 Å². The van der Waals surface area contributed by atoms with Crippen LogP contribution in [-0.2, 0) is 13.6 Å². The van der Waals surface area contributed by atoms with E-state index in [9.17, 15) is 8.96 Å². The van der Waals surface area contributed by atoms with Gasteiger partial charge in [-0.3, -0.25) is 4.57 Å². The van der Waals surface area contributed by atoms with Crippen LogP contribution in [-0.4, -0.2) is 18.4 Å². The van der Waals surface area contributed by atoms with Crippen molar-refractivity contribution < 1.29 is 22.5 Å². The first-order valence-corrected chi connectivity index (χ1v) is 9.94. The van der Waals surface area contributed by atoms with Gasteiger partial charge in [0.2, 0.25) is 0 Å². The van der Waals surface area contributed by atoms with Gasteiger partial charge in [-0.2, -0.15) is 0 Å². The van der Waals surface area contributed by atoms with E-state index in [2.05, 4.69) is 10.5 Å². The molecule has 0 radical (unpaired) electrons. The van der Waals surface area contributed by atoms with E-state index in [0.29, 0.717) is 24.4 Å². The normalized spacial score (nSPS) is 13.0. The predicted octanol–water partition coefficient (Wildman–Crippen LogP) is 5.28. The Morgan fingerprint density at radius 2 is 1.88 bits per heavy atom. The Morgan fingerprint density at radius 3 is 2.40 bits per heavy atom. The Bertz CT molecular complexity index is 710. The van der Waals surface area contributed by atoms with Gasteiger partial charge < -0.3 is 18.9 Å². The molecule has 0 fully saturated rings. The Hall–Kier alpha value is -1.69. The van der Waals surface area contributed by atoms with Crippen molar-refractivity contribution in [2.24, 2.45) is 0 Å². The van der Waals surface area contributed by atoms with Crippen molar-refractivity contribution in [2.45, 2.75) is 39.4 Å². The van der Waals surface area contributed by atoms with Crippen molar-refractivity contribution in [2.75, 3.05) is 18.5 Å². The summed E-state index contributed by atoms with van der Waals surface area (Å²) in [6.45, 7) is 6.02. The minimum atomic E-state index is -3.70. The number of nitrogens with one attached hydrogen (secondary N) is 1. The fourth-order valence-corrected chi connectivity index (χ4v) is 4.31. The highest BCUT2D eigenvalue weighted by molar-refractivity contribution is 7.54. The lowest BCUT2D eigenvalue weighted by Crippen LogP contribution is -2.17. The molecule has 0 amide bonds. The third-order valence-corrected chi connectivity index (χ3v) is 5.50. The lowest BCUT2D eigenvalue weighted by Gasteiger charge is -2.28. The molecule has 0 saturated heterocycles. The van der Waals surface area contributed by atoms with Gasteiger partial charge in [-0.05, 0) is 25.8 Å². The molecule has 1 atom stereocenters. The second kappa shape index (κ2) is 9.13. The topological polar surface area (TPSA) is 73.6 Å². The maximum absolute atomic E-state index is 14.4. The average molecular weight is 370 g/mol. The van der Waals surface area contributed by atoms with Gasteiger partial charge in [0.1, 0.15) is 11.6 Å². The molecule has 1 aromatic carbocycles. The summed E-state index contributed by atoms with van der Waals surface area (Å²) in [4.78, 5) is 0. The second-order valence-corrected chi connectivity index (χ2v) is 7.71. The summed E-state index contributed by atoms with van der Waals surface area (Å²) in [7, 11) is -3.70. The molecule has 0 aliphatic rings. The summed E-state index contributed by atoms with van der Waals surface area (Å²) in [5, 5.41) is 6.80. The van der Waals surface area contributed by atoms with Gasteiger partial charge in [-0.25, -0.2) is 4.39 Å². The van der Waals surface area contributed by atoms with Crippen LogP contribution in [0.3, 0.4) is 0 Å². The Morgan fingerprint density at radius 1 is 1.24 bits per heavy atom. The molecule has 1 unspecified atom stereocenters. The monoisotopic (exact) mass is 370 g/mol. The molecule has 1 heterocycles. The molecule has 8 heteroatoms. The van der Waals surface area contributed by atoms with Crippen LogP contribution in [0.2, 0.25) is 0 Å². The van der Waals surface area contributed by atoms with E-state index in [1.54, 1.807) is 31.2 Å². The van der Waals surface area contributed by atoms with Gasteiger partial charge in [-0.1, -0.05) is 37.2 Å². The molecular formula is C17H24FN2O4P. The van der Waals surface area contributed by atoms with E-state index >= 15 is 0 Å². The van der Waals surface area contributed by atoms with Gasteiger partial charge in [0.15, 0.2) is 11.6 Å². The van der Waals surface area contributed by atoms with Crippen LogP contribution in [0.5, 0.6) is 0 Å². The lowest BCUT2D eigenvalue weighted by atomic mass is 10.2. The second-order valence-electron chi connectivity index (χ2n) is 5.60. The zero-order valence-electron chi connectivity index (χ0n) is 14.7. The standard InChI is InChI=1S/C17H24FN2O4P/c1-4-10-22-25(21,23-11-5-2)17(14-8-6-7-9-15(14)18)19-16-12-13(3)24-20-16/h6-9,12,17H,4-5,10-11H2,1-3H3,(H,19,20). The van der Waals surface area contributed by atoms with Gasteiger partial charge in [0, 0.05) is 11.6 Å². The maximum Gasteiger partial charge on any atom is 0.357 e. The average Bonchev–Trinajstić information content (AvgIpc) is 3.02. The fourth-order valence-electron chi connectivity index (χ4n) is 2.22. The lowest BCUT2D eigenvalue weighted by molar-refractivity contribution is 0.198. The molecule has 0 bridgehead atoms. The molecule has 6 nitrogen and oxygen atoms in total. The Balaban J connectivity index is 2.42. The summed E-state index contributed by atoms with van der Waals surface area (Å²) in [6.07, 6.45) is 1.32. The number of halogens is 1. The molecule has 2 aromatic rings. The highest BCUT2D eigenvalue weighted by atomic mass is 31.2. The summed E-state index contributed by atoms with van der Waals surface area (Å²) in [5.41, 5.74) is 0.193. The van der Waals surface area contributed by atoms with E-state index in [-0.39, 0.29) is 18.8 Å². The largest absolute Gasteiger partial charge is 0.360 e. The number of hydrogen-bond acceptors (Lipinski definition) is 6. The number of aromatic nitrogens is 1. The minimum Gasteiger partial charge on any atom is -0.360 e. The molecule has 25 heavy (non-hydrogen) atoms. The molecule has 1 N–H and O–H groups in total. The van der Waals surface area contributed by atoms with Crippen LogP contribution < -0.4 is 5.32 Å². The maximum atomic E-state index is 14.4. The van der Waals surface area contributed by atoms with Crippen LogP contribution in [0.25, 0.3) is 0 Å². The zero-order chi connectivity index (χ0) is 18.3. The van der Waals surface area contributed by atoms with Crippen molar-refractivity contribution in [3.05, 3.63) is 47.5 Å². The van der Waals surface area contributed by atoms with Crippen molar-refractivity contribution in [1.82, 2.24) is 5.16 Å². The Kier molecular flexibility index (Phi) is 7.17. The number of benzene rings is 1. The third-order valence-electron chi connectivity index (χ3n) is 3.38. The molecular weight excluding hydrogens is 346 g/mol. The van der Waals surface area contributed by atoms with E-state index in [0.717, 1.165) is 0 Å². The summed E-state index contributed by atoms with van der Waals surface area (Å²) >= 11 is 0. The van der Waals surface area contributed by atoms with Crippen molar-refractivity contribution >= 4 is 13.4 Å². The quantitative estimate of drug-likeness (QED) is 0.574. The first-order chi connectivity index (χ1) is 12.0. The molecule has 0 aliphatic carbocycles. The summed E-state index contributed by atoms with van der Waals surface area (Å²) in [5.74, 6) is -0.614. The fraction of sp³-hybridized carbons (Fsp3) is 0.471. The van der Waals surface area contributed by atoms with Gasteiger partial charge in [0.25, 0.3) is 0 Å². The predicted molar refractivity (Wildman–Crippen MR) is 94.1 cm³/mol. The summed E-state index contributed by atoms with van der Waals surface area (Å²) < 4.78 is 44.1. The van der Waals surface area contributed by atoms with Crippen LogP contribution >= 0.6 is 7.60 Å². The smallest absolute Gasteiger partial charge is 0.357 e. The number of rotatable bonds is 10. The molecule has 1 aromatic heterocycles. The Labute approximate surface area is 147 Å². The van der Waals surface area contributed by atoms with E-state index in [4.69, 9.17) is 13.6 Å². The number of nitrogens with zero attached hydrogens (tertiary/aromatic N) is 1. The van der Waals surface area contributed by atoms with Crippen LogP contribution in [0.4, 0.5) is 10.2 Å². The first kappa shape index (κ1) is 19.6. The first-order valence-electron chi connectivity index (χ1n) is 8.33. The van der Waals surface area contributed by atoms with Gasteiger partial charge >= 0.3 is 7.60 Å². The van der Waals surface area contributed by atoms with Crippen LogP contribution in [0.1, 0.15) is 43.8 Å². The van der Waals surface area contributed by atoms with Gasteiger partial charge in [-0.15, -0.1) is 0 Å².